The molecule has 0 saturated heterocycles. The van der Waals surface area contributed by atoms with Gasteiger partial charge in [-0.25, -0.2) is 0 Å². The molecule has 2 aromatic carbocycles. The first-order valence-electron chi connectivity index (χ1n) is 11.1. The molecule has 0 fully saturated rings. The molecule has 0 aromatic heterocycles. The normalized spacial score (nSPS) is 16.0. The minimum atomic E-state index is -1.25. The minimum absolute atomic E-state index is 0.0938. The fourth-order valence-electron chi connectivity index (χ4n) is 4.06. The lowest BCUT2D eigenvalue weighted by Crippen LogP contribution is -2.51. The molecule has 1 heterocycles. The highest BCUT2D eigenvalue weighted by Gasteiger charge is 2.33. The highest BCUT2D eigenvalue weighted by Crippen LogP contribution is 2.27. The van der Waals surface area contributed by atoms with Crippen LogP contribution in [0.4, 0.5) is 5.69 Å². The van der Waals surface area contributed by atoms with E-state index in [4.69, 9.17) is 5.11 Å². The van der Waals surface area contributed by atoms with E-state index >= 15 is 0 Å². The molecule has 4 N–H and O–H groups in total. The number of aldehydes is 1. The van der Waals surface area contributed by atoms with Crippen LogP contribution >= 0.6 is 0 Å². The van der Waals surface area contributed by atoms with Crippen LogP contribution in [-0.2, 0) is 25.6 Å². The van der Waals surface area contributed by atoms with Gasteiger partial charge >= 0.3 is 5.97 Å². The zero-order chi connectivity index (χ0) is 25.7. The lowest BCUT2D eigenvalue weighted by atomic mass is 10.0. The van der Waals surface area contributed by atoms with Crippen molar-refractivity contribution in [2.45, 2.75) is 45.2 Å². The fourth-order valence-corrected chi connectivity index (χ4v) is 4.06. The summed E-state index contributed by atoms with van der Waals surface area (Å²) < 4.78 is 0. The molecular weight excluding hydrogens is 454 g/mol. The molecule has 10 heteroatoms. The van der Waals surface area contributed by atoms with Gasteiger partial charge in [0.25, 0.3) is 5.91 Å². The van der Waals surface area contributed by atoms with Gasteiger partial charge in [-0.05, 0) is 61.6 Å². The summed E-state index contributed by atoms with van der Waals surface area (Å²) in [5.74, 6) is -2.86. The average molecular weight is 482 g/mol. The van der Waals surface area contributed by atoms with Gasteiger partial charge in [0.1, 0.15) is 24.6 Å². The first kappa shape index (κ1) is 25.4. The van der Waals surface area contributed by atoms with Crippen LogP contribution in [0.2, 0.25) is 0 Å². The van der Waals surface area contributed by atoms with Crippen molar-refractivity contribution in [3.05, 3.63) is 58.7 Å². The number of phenols is 1. The lowest BCUT2D eigenvalue weighted by molar-refractivity contribution is -0.138. The van der Waals surface area contributed by atoms with Crippen molar-refractivity contribution in [2.75, 3.05) is 11.4 Å². The summed E-state index contributed by atoms with van der Waals surface area (Å²) in [5.41, 5.74) is 2.65. The number of nitrogens with zero attached hydrogens (tertiary/aromatic N) is 1. The van der Waals surface area contributed by atoms with E-state index in [1.807, 2.05) is 6.07 Å². The number of nitrogens with one attached hydrogen (secondary N) is 2. The van der Waals surface area contributed by atoms with Gasteiger partial charge in [0, 0.05) is 11.3 Å². The molecule has 2 atom stereocenters. The summed E-state index contributed by atoms with van der Waals surface area (Å²) >= 11 is 0. The topological polar surface area (TPSA) is 153 Å². The number of fused-ring (bicyclic) bond motifs is 1. The number of aryl methyl sites for hydroxylation is 3. The molecule has 10 nitrogen and oxygen atoms in total. The number of aliphatic carboxylic acids is 1. The van der Waals surface area contributed by atoms with Gasteiger partial charge < -0.3 is 30.5 Å². The Balaban J connectivity index is 1.83. The Hall–Kier alpha value is -4.21. The molecule has 0 saturated carbocycles. The molecule has 0 bridgehead atoms. The number of aromatic hydroxyl groups is 1. The summed E-state index contributed by atoms with van der Waals surface area (Å²) in [4.78, 5) is 62.3. The number of benzene rings is 2. The van der Waals surface area contributed by atoms with Gasteiger partial charge in [-0.2, -0.15) is 0 Å². The van der Waals surface area contributed by atoms with Gasteiger partial charge in [0.05, 0.1) is 12.5 Å². The molecule has 35 heavy (non-hydrogen) atoms. The van der Waals surface area contributed by atoms with Crippen LogP contribution in [0, 0.1) is 13.8 Å². The molecule has 3 rings (SSSR count). The van der Waals surface area contributed by atoms with Gasteiger partial charge in [-0.3, -0.25) is 19.2 Å². The smallest absolute Gasteiger partial charge is 0.305 e. The van der Waals surface area contributed by atoms with Gasteiger partial charge in [-0.1, -0.05) is 18.2 Å². The van der Waals surface area contributed by atoms with Crippen molar-refractivity contribution < 1.29 is 34.2 Å². The minimum Gasteiger partial charge on any atom is -0.507 e. The van der Waals surface area contributed by atoms with Crippen molar-refractivity contribution in [1.82, 2.24) is 10.6 Å². The molecule has 0 unspecified atom stereocenters. The van der Waals surface area contributed by atoms with Crippen LogP contribution in [0.3, 0.4) is 0 Å². The van der Waals surface area contributed by atoms with Crippen LogP contribution in [-0.4, -0.2) is 58.8 Å². The lowest BCUT2D eigenvalue weighted by Gasteiger charge is -2.26. The summed E-state index contributed by atoms with van der Waals surface area (Å²) in [6.07, 6.45) is 0.513. The SMILES string of the molecule is Cc1cc(C(=O)N[C@H]2CCc3ccccc3N(CC(=O)N[C@H](C=O)CC(=O)O)C2=O)cc(C)c1O. The monoisotopic (exact) mass is 481 g/mol. The second-order valence-corrected chi connectivity index (χ2v) is 8.48. The standard InChI is InChI=1S/C25H27N3O7/c1-14-9-17(10-15(2)23(14)33)24(34)27-19-8-7-16-5-3-4-6-20(16)28(25(19)35)12-21(30)26-18(13-29)11-22(31)32/h3-6,9-10,13,18-19,33H,7-8,11-12H2,1-2H3,(H,26,30)(H,27,34)(H,31,32)/t18-,19-/m0/s1. The van der Waals surface area contributed by atoms with Crippen molar-refractivity contribution >= 4 is 35.7 Å². The van der Waals surface area contributed by atoms with Crippen molar-refractivity contribution in [3.63, 3.8) is 0 Å². The number of rotatable bonds is 8. The number of carbonyl (C=O) groups is 5. The predicted octanol–water partition coefficient (Wildman–Crippen LogP) is 1.25. The molecule has 0 spiro atoms. The second kappa shape index (κ2) is 10.8. The first-order chi connectivity index (χ1) is 16.6. The van der Waals surface area contributed by atoms with Gasteiger partial charge in [-0.15, -0.1) is 0 Å². The van der Waals surface area contributed by atoms with E-state index in [0.29, 0.717) is 41.5 Å². The molecule has 2 aromatic rings. The summed E-state index contributed by atoms with van der Waals surface area (Å²) in [6.45, 7) is 2.89. The highest BCUT2D eigenvalue weighted by atomic mass is 16.4. The number of carbonyl (C=O) groups excluding carboxylic acids is 4. The van der Waals surface area contributed by atoms with Crippen LogP contribution < -0.4 is 15.5 Å². The van der Waals surface area contributed by atoms with E-state index in [2.05, 4.69) is 10.6 Å². The third kappa shape index (κ3) is 6.03. The van der Waals surface area contributed by atoms with Gasteiger partial charge in [0.15, 0.2) is 0 Å². The third-order valence-electron chi connectivity index (χ3n) is 5.81. The van der Waals surface area contributed by atoms with E-state index in [-0.39, 0.29) is 5.75 Å². The van der Waals surface area contributed by atoms with E-state index in [9.17, 15) is 29.1 Å². The maximum absolute atomic E-state index is 13.5. The van der Waals surface area contributed by atoms with Crippen LogP contribution in [0.5, 0.6) is 5.75 Å². The third-order valence-corrected chi connectivity index (χ3v) is 5.81. The Bertz CT molecular complexity index is 1150. The van der Waals surface area contributed by atoms with Crippen LogP contribution in [0.1, 0.15) is 39.9 Å². The number of hydrogen-bond acceptors (Lipinski definition) is 6. The number of anilines is 1. The Labute approximate surface area is 201 Å². The van der Waals surface area contributed by atoms with Crippen LogP contribution in [0.15, 0.2) is 36.4 Å². The molecule has 0 aliphatic carbocycles. The Morgan fingerprint density at radius 1 is 1.17 bits per heavy atom. The number of hydrogen-bond donors (Lipinski definition) is 4. The predicted molar refractivity (Wildman–Crippen MR) is 126 cm³/mol. The van der Waals surface area contributed by atoms with Crippen LogP contribution in [0.25, 0.3) is 0 Å². The summed E-state index contributed by atoms with van der Waals surface area (Å²) in [5, 5.41) is 23.9. The number of carboxylic acids is 1. The van der Waals surface area contributed by atoms with Gasteiger partial charge in [0.2, 0.25) is 11.8 Å². The fraction of sp³-hybridized carbons (Fsp3) is 0.320. The molecule has 1 aliphatic heterocycles. The second-order valence-electron chi connectivity index (χ2n) is 8.48. The highest BCUT2D eigenvalue weighted by molar-refractivity contribution is 6.06. The Kier molecular flexibility index (Phi) is 7.85. The molecule has 184 valence electrons. The number of amides is 3. The maximum atomic E-state index is 13.5. The Morgan fingerprint density at radius 2 is 1.83 bits per heavy atom. The van der Waals surface area contributed by atoms with E-state index in [1.54, 1.807) is 32.0 Å². The number of phenolic OH excluding ortho intramolecular Hbond substituents is 1. The number of carboxylic acid groups (broad SMARTS) is 1. The molecule has 3 amide bonds. The Morgan fingerprint density at radius 3 is 2.46 bits per heavy atom. The first-order valence-corrected chi connectivity index (χ1v) is 11.1. The van der Waals surface area contributed by atoms with E-state index in [0.717, 1.165) is 5.56 Å². The molecule has 1 aliphatic rings. The maximum Gasteiger partial charge on any atom is 0.305 e. The molecule has 0 radical (unpaired) electrons. The average Bonchev–Trinajstić information content (AvgIpc) is 2.93. The van der Waals surface area contributed by atoms with Crippen molar-refractivity contribution in [2.24, 2.45) is 0 Å². The quantitative estimate of drug-likeness (QED) is 0.414. The number of para-hydroxylation sites is 1. The van der Waals surface area contributed by atoms with Crippen molar-refractivity contribution in [3.8, 4) is 5.75 Å². The summed E-state index contributed by atoms with van der Waals surface area (Å²) in [6, 6.07) is 7.93. The zero-order valence-electron chi connectivity index (χ0n) is 19.4. The van der Waals surface area contributed by atoms with E-state index < -0.39 is 48.7 Å². The molecular formula is C25H27N3O7. The van der Waals surface area contributed by atoms with E-state index in [1.165, 1.54) is 17.0 Å². The largest absolute Gasteiger partial charge is 0.507 e. The summed E-state index contributed by atoms with van der Waals surface area (Å²) in [7, 11) is 0. The zero-order valence-corrected chi connectivity index (χ0v) is 19.4. The van der Waals surface area contributed by atoms with Crippen molar-refractivity contribution in [1.29, 1.82) is 0 Å².